The van der Waals surface area contributed by atoms with E-state index in [1.807, 2.05) is 0 Å². The SMILES string of the molecule is CCC(C)NC(=O)c1cccc(S(=O)(=O)C(F)(F)F)c1C(=O)O. The quantitative estimate of drug-likeness (QED) is 0.845. The minimum atomic E-state index is -5.90. The summed E-state index contributed by atoms with van der Waals surface area (Å²) in [6.45, 7) is 3.34. The molecule has 6 nitrogen and oxygen atoms in total. The molecule has 0 saturated heterocycles. The minimum absolute atomic E-state index is 0.368. The summed E-state index contributed by atoms with van der Waals surface area (Å²) in [5.74, 6) is -2.90. The van der Waals surface area contributed by atoms with Gasteiger partial charge in [0.15, 0.2) is 0 Å². The van der Waals surface area contributed by atoms with E-state index < -0.39 is 43.2 Å². The first kappa shape index (κ1) is 18.9. The fourth-order valence-corrected chi connectivity index (χ4v) is 2.67. The third-order valence-electron chi connectivity index (χ3n) is 3.07. The van der Waals surface area contributed by atoms with Gasteiger partial charge in [0, 0.05) is 6.04 Å². The summed E-state index contributed by atoms with van der Waals surface area (Å²) in [6.07, 6.45) is 0.495. The maximum atomic E-state index is 12.7. The number of amides is 1. The van der Waals surface area contributed by atoms with E-state index >= 15 is 0 Å². The van der Waals surface area contributed by atoms with Crippen LogP contribution in [-0.4, -0.2) is 37.0 Å². The van der Waals surface area contributed by atoms with E-state index in [0.29, 0.717) is 12.5 Å². The van der Waals surface area contributed by atoms with Gasteiger partial charge in [0.25, 0.3) is 15.7 Å². The van der Waals surface area contributed by atoms with Gasteiger partial charge in [-0.25, -0.2) is 13.2 Å². The molecule has 10 heteroatoms. The second-order valence-electron chi connectivity index (χ2n) is 4.72. The highest BCUT2D eigenvalue weighted by molar-refractivity contribution is 7.92. The van der Waals surface area contributed by atoms with E-state index in [2.05, 4.69) is 5.32 Å². The number of halogens is 3. The van der Waals surface area contributed by atoms with Gasteiger partial charge in [0.05, 0.1) is 16.0 Å². The highest BCUT2D eigenvalue weighted by atomic mass is 32.2. The molecule has 0 aliphatic rings. The van der Waals surface area contributed by atoms with Gasteiger partial charge in [-0.3, -0.25) is 4.79 Å². The molecule has 0 bridgehead atoms. The zero-order valence-electron chi connectivity index (χ0n) is 12.1. The van der Waals surface area contributed by atoms with Crippen LogP contribution in [0.1, 0.15) is 41.0 Å². The van der Waals surface area contributed by atoms with Crippen LogP contribution in [0.2, 0.25) is 0 Å². The average molecular weight is 353 g/mol. The minimum Gasteiger partial charge on any atom is -0.478 e. The number of hydrogen-bond acceptors (Lipinski definition) is 4. The van der Waals surface area contributed by atoms with Gasteiger partial charge in [0.2, 0.25) is 0 Å². The second-order valence-corrected chi connectivity index (χ2v) is 6.63. The van der Waals surface area contributed by atoms with Crippen LogP contribution in [-0.2, 0) is 9.84 Å². The number of aromatic carboxylic acids is 1. The van der Waals surface area contributed by atoms with Crippen LogP contribution in [0.15, 0.2) is 23.1 Å². The number of nitrogens with one attached hydrogen (secondary N) is 1. The average Bonchev–Trinajstić information content (AvgIpc) is 2.44. The number of carboxylic acid groups (broad SMARTS) is 1. The van der Waals surface area contributed by atoms with Crippen molar-refractivity contribution < 1.29 is 36.3 Å². The molecule has 1 aromatic carbocycles. The van der Waals surface area contributed by atoms with E-state index in [1.54, 1.807) is 13.8 Å². The Labute approximate surface area is 130 Å². The molecule has 2 N–H and O–H groups in total. The summed E-state index contributed by atoms with van der Waals surface area (Å²) in [5, 5.41) is 11.5. The van der Waals surface area contributed by atoms with Gasteiger partial charge >= 0.3 is 11.5 Å². The number of rotatable bonds is 5. The normalized spacial score (nSPS) is 13.4. The third kappa shape index (κ3) is 3.81. The molecule has 23 heavy (non-hydrogen) atoms. The van der Waals surface area contributed by atoms with E-state index in [4.69, 9.17) is 5.11 Å². The molecule has 0 heterocycles. The Balaban J connectivity index is 3.57. The van der Waals surface area contributed by atoms with Crippen LogP contribution >= 0.6 is 0 Å². The van der Waals surface area contributed by atoms with Gasteiger partial charge in [-0.05, 0) is 25.5 Å². The van der Waals surface area contributed by atoms with Gasteiger partial charge in [0.1, 0.15) is 0 Å². The van der Waals surface area contributed by atoms with Crippen molar-refractivity contribution in [2.45, 2.75) is 36.7 Å². The Morgan fingerprint density at radius 2 is 1.87 bits per heavy atom. The first-order valence-corrected chi connectivity index (χ1v) is 7.90. The maximum Gasteiger partial charge on any atom is 0.501 e. The van der Waals surface area contributed by atoms with Crippen LogP contribution < -0.4 is 5.32 Å². The fraction of sp³-hybridized carbons (Fsp3) is 0.385. The van der Waals surface area contributed by atoms with Crippen LogP contribution in [0.3, 0.4) is 0 Å². The Morgan fingerprint density at radius 1 is 1.30 bits per heavy atom. The molecule has 0 saturated carbocycles. The van der Waals surface area contributed by atoms with Crippen LogP contribution in [0.4, 0.5) is 13.2 Å². The Morgan fingerprint density at radius 3 is 2.30 bits per heavy atom. The largest absolute Gasteiger partial charge is 0.501 e. The molecule has 1 rings (SSSR count). The summed E-state index contributed by atoms with van der Waals surface area (Å²) >= 11 is 0. The molecule has 1 atom stereocenters. The molecule has 0 aliphatic heterocycles. The predicted octanol–water partition coefficient (Wildman–Crippen LogP) is 2.21. The van der Waals surface area contributed by atoms with Crippen molar-refractivity contribution in [2.75, 3.05) is 0 Å². The van der Waals surface area contributed by atoms with E-state index in [9.17, 15) is 31.2 Å². The van der Waals surface area contributed by atoms with Crippen molar-refractivity contribution in [1.29, 1.82) is 0 Å². The zero-order chi connectivity index (χ0) is 18.0. The topological polar surface area (TPSA) is 101 Å². The number of carboxylic acids is 1. The molecule has 128 valence electrons. The molecule has 1 aromatic rings. The molecular weight excluding hydrogens is 339 g/mol. The smallest absolute Gasteiger partial charge is 0.478 e. The number of carbonyl (C=O) groups excluding carboxylic acids is 1. The number of alkyl halides is 3. The highest BCUT2D eigenvalue weighted by Crippen LogP contribution is 2.33. The predicted molar refractivity (Wildman–Crippen MR) is 73.9 cm³/mol. The standard InChI is InChI=1S/C13H14F3NO5S/c1-3-7(2)17-11(18)8-5-4-6-9(10(8)12(19)20)23(21,22)13(14,15)16/h4-7H,3H2,1-2H3,(H,17,18)(H,19,20). The number of benzene rings is 1. The summed E-state index contributed by atoms with van der Waals surface area (Å²) in [4.78, 5) is 21.8. The van der Waals surface area contributed by atoms with Crippen molar-refractivity contribution in [3.05, 3.63) is 29.3 Å². The van der Waals surface area contributed by atoms with Crippen molar-refractivity contribution in [3.63, 3.8) is 0 Å². The molecule has 0 spiro atoms. The number of carbonyl (C=O) groups is 2. The van der Waals surface area contributed by atoms with Crippen molar-refractivity contribution in [1.82, 2.24) is 5.32 Å². The van der Waals surface area contributed by atoms with E-state index in [-0.39, 0.29) is 6.04 Å². The second kappa shape index (κ2) is 6.57. The molecule has 0 fully saturated rings. The molecule has 1 amide bonds. The first-order valence-electron chi connectivity index (χ1n) is 6.42. The van der Waals surface area contributed by atoms with Crippen molar-refractivity contribution in [3.8, 4) is 0 Å². The summed E-state index contributed by atoms with van der Waals surface area (Å²) in [5.41, 5.74) is -7.53. The van der Waals surface area contributed by atoms with Gasteiger partial charge in [-0.2, -0.15) is 13.2 Å². The molecule has 0 aromatic heterocycles. The molecule has 0 aliphatic carbocycles. The fourth-order valence-electron chi connectivity index (χ4n) is 1.69. The van der Waals surface area contributed by atoms with Gasteiger partial charge < -0.3 is 10.4 Å². The highest BCUT2D eigenvalue weighted by Gasteiger charge is 2.49. The lowest BCUT2D eigenvalue weighted by Gasteiger charge is -2.15. The molecule has 1 unspecified atom stereocenters. The Hall–Kier alpha value is -2.10. The lowest BCUT2D eigenvalue weighted by Crippen LogP contribution is -2.34. The van der Waals surface area contributed by atoms with Gasteiger partial charge in [-0.15, -0.1) is 0 Å². The number of hydrogen-bond donors (Lipinski definition) is 2. The Kier molecular flexibility index (Phi) is 5.41. The monoisotopic (exact) mass is 353 g/mol. The number of sulfone groups is 1. The summed E-state index contributed by atoms with van der Waals surface area (Å²) in [7, 11) is -5.90. The van der Waals surface area contributed by atoms with Crippen LogP contribution in [0.5, 0.6) is 0 Å². The molecular formula is C13H14F3NO5S. The molecule has 0 radical (unpaired) electrons. The van der Waals surface area contributed by atoms with Crippen LogP contribution in [0.25, 0.3) is 0 Å². The van der Waals surface area contributed by atoms with Crippen molar-refractivity contribution >= 4 is 21.7 Å². The summed E-state index contributed by atoms with van der Waals surface area (Å²) in [6, 6.07) is 1.98. The third-order valence-corrected chi connectivity index (χ3v) is 4.60. The first-order chi connectivity index (χ1) is 10.4. The van der Waals surface area contributed by atoms with Crippen LogP contribution in [0, 0.1) is 0 Å². The lowest BCUT2D eigenvalue weighted by atomic mass is 10.1. The summed E-state index contributed by atoms with van der Waals surface area (Å²) < 4.78 is 61.1. The van der Waals surface area contributed by atoms with E-state index in [0.717, 1.165) is 12.1 Å². The zero-order valence-corrected chi connectivity index (χ0v) is 13.0. The lowest BCUT2D eigenvalue weighted by molar-refractivity contribution is -0.0436. The maximum absolute atomic E-state index is 12.7. The Bertz CT molecular complexity index is 728. The van der Waals surface area contributed by atoms with Crippen molar-refractivity contribution in [2.24, 2.45) is 0 Å². The van der Waals surface area contributed by atoms with E-state index in [1.165, 1.54) is 0 Å². The van der Waals surface area contributed by atoms with Gasteiger partial charge in [-0.1, -0.05) is 13.0 Å².